The molecule has 2 rings (SSSR count). The predicted octanol–water partition coefficient (Wildman–Crippen LogP) is 1.32. The van der Waals surface area contributed by atoms with Gasteiger partial charge in [-0.05, 0) is 29.7 Å². The van der Waals surface area contributed by atoms with Crippen molar-refractivity contribution in [1.29, 1.82) is 0 Å². The van der Waals surface area contributed by atoms with Crippen molar-refractivity contribution < 1.29 is 19.5 Å². The highest BCUT2D eigenvalue weighted by atomic mass is 16.7. The van der Waals surface area contributed by atoms with Gasteiger partial charge in [-0.2, -0.15) is 0 Å². The van der Waals surface area contributed by atoms with Gasteiger partial charge in [0, 0.05) is 25.6 Å². The number of fused-ring (bicyclic) bond motifs is 1. The molecule has 0 radical (unpaired) electrons. The lowest BCUT2D eigenvalue weighted by Crippen LogP contribution is -2.26. The highest BCUT2D eigenvalue weighted by Gasteiger charge is 2.22. The highest BCUT2D eigenvalue weighted by Crippen LogP contribution is 2.30. The summed E-state index contributed by atoms with van der Waals surface area (Å²) in [5, 5.41) is 10.2. The minimum Gasteiger partial charge on any atom is -0.396 e. The monoisotopic (exact) mass is 265 g/mol. The molecule has 1 aromatic rings. The topological polar surface area (TPSA) is 59.0 Å². The Kier molecular flexibility index (Phi) is 4.52. The molecule has 0 fully saturated rings. The van der Waals surface area contributed by atoms with E-state index in [1.165, 1.54) is 12.2 Å². The molecule has 1 atom stereocenters. The van der Waals surface area contributed by atoms with E-state index in [-0.39, 0.29) is 18.6 Å². The third kappa shape index (κ3) is 2.94. The smallest absolute Gasteiger partial charge is 0.277 e. The van der Waals surface area contributed by atoms with Crippen LogP contribution in [0, 0.1) is 0 Å². The molecule has 104 valence electrons. The Labute approximate surface area is 112 Å². The summed E-state index contributed by atoms with van der Waals surface area (Å²) >= 11 is 0. The Morgan fingerprint density at radius 1 is 1.58 bits per heavy atom. The number of aliphatic hydroxyl groups is 1. The summed E-state index contributed by atoms with van der Waals surface area (Å²) in [6.07, 6.45) is 1.30. The number of amides is 1. The molecule has 0 saturated heterocycles. The van der Waals surface area contributed by atoms with Crippen molar-refractivity contribution in [3.63, 3.8) is 0 Å². The van der Waals surface area contributed by atoms with Crippen molar-refractivity contribution >= 4 is 5.91 Å². The summed E-state index contributed by atoms with van der Waals surface area (Å²) in [7, 11) is 3.04. The molecule has 5 nitrogen and oxygen atoms in total. The van der Waals surface area contributed by atoms with Gasteiger partial charge in [0.1, 0.15) is 0 Å². The molecule has 1 unspecified atom stereocenters. The summed E-state index contributed by atoms with van der Waals surface area (Å²) in [4.78, 5) is 16.9. The Hall–Kier alpha value is -1.43. The van der Waals surface area contributed by atoms with Crippen LogP contribution < -0.4 is 0 Å². The molecule has 0 bridgehead atoms. The molecule has 0 spiro atoms. The van der Waals surface area contributed by atoms with Crippen LogP contribution in [0.3, 0.4) is 0 Å². The van der Waals surface area contributed by atoms with Gasteiger partial charge in [-0.3, -0.25) is 9.63 Å². The van der Waals surface area contributed by atoms with Crippen LogP contribution in [-0.4, -0.2) is 43.4 Å². The molecule has 1 aromatic carbocycles. The second kappa shape index (κ2) is 6.14. The van der Waals surface area contributed by atoms with Gasteiger partial charge in [-0.25, -0.2) is 5.06 Å². The summed E-state index contributed by atoms with van der Waals surface area (Å²) in [6.45, 7) is 0.715. The minimum absolute atomic E-state index is 0.0712. The number of hydrogen-bond acceptors (Lipinski definition) is 4. The average Bonchev–Trinajstić information content (AvgIpc) is 2.45. The maximum Gasteiger partial charge on any atom is 0.277 e. The van der Waals surface area contributed by atoms with Crippen LogP contribution in [0.2, 0.25) is 0 Å². The van der Waals surface area contributed by atoms with Crippen LogP contribution in [0.4, 0.5) is 0 Å². The number of carbonyl (C=O) groups is 1. The van der Waals surface area contributed by atoms with Crippen LogP contribution in [0.25, 0.3) is 0 Å². The molecule has 5 heteroatoms. The Morgan fingerprint density at radius 2 is 2.37 bits per heavy atom. The first-order valence-corrected chi connectivity index (χ1v) is 6.34. The number of hydrogen-bond donors (Lipinski definition) is 1. The van der Waals surface area contributed by atoms with Gasteiger partial charge in [-0.15, -0.1) is 0 Å². The average molecular weight is 265 g/mol. The largest absolute Gasteiger partial charge is 0.396 e. The van der Waals surface area contributed by atoms with E-state index in [4.69, 9.17) is 14.7 Å². The lowest BCUT2D eigenvalue weighted by Gasteiger charge is -2.26. The number of nitrogens with zero attached hydrogens (tertiary/aromatic N) is 1. The number of carbonyl (C=O) groups excluding carboxylic acids is 1. The number of benzene rings is 1. The molecule has 19 heavy (non-hydrogen) atoms. The standard InChI is InChI=1S/C14H19NO4/c1-15(18-2)14(17)11-3-4-12-10(9-11)6-8-19-13(12)5-7-16/h3-4,9,13,16H,5-8H2,1-2H3. The SMILES string of the molecule is CON(C)C(=O)c1ccc2c(c1)CCOC2CCO. The molecule has 1 aliphatic heterocycles. The van der Waals surface area contributed by atoms with E-state index in [1.807, 2.05) is 12.1 Å². The fourth-order valence-corrected chi connectivity index (χ4v) is 2.29. The molecule has 1 heterocycles. The molecule has 0 aromatic heterocycles. The van der Waals surface area contributed by atoms with Gasteiger partial charge in [-0.1, -0.05) is 6.07 Å². The third-order valence-corrected chi connectivity index (χ3v) is 3.38. The summed E-state index contributed by atoms with van der Waals surface area (Å²) in [6, 6.07) is 5.57. The molecule has 0 saturated carbocycles. The lowest BCUT2D eigenvalue weighted by molar-refractivity contribution is -0.0757. The molecule has 1 N–H and O–H groups in total. The Balaban J connectivity index is 2.26. The second-order valence-electron chi connectivity index (χ2n) is 4.52. The van der Waals surface area contributed by atoms with E-state index in [0.29, 0.717) is 18.6 Å². The van der Waals surface area contributed by atoms with E-state index >= 15 is 0 Å². The fraction of sp³-hybridized carbons (Fsp3) is 0.500. The van der Waals surface area contributed by atoms with Crippen molar-refractivity contribution in [3.8, 4) is 0 Å². The molecule has 1 aliphatic rings. The quantitative estimate of drug-likeness (QED) is 0.834. The van der Waals surface area contributed by atoms with E-state index in [9.17, 15) is 4.79 Å². The predicted molar refractivity (Wildman–Crippen MR) is 69.6 cm³/mol. The maximum absolute atomic E-state index is 12.0. The van der Waals surface area contributed by atoms with Gasteiger partial charge in [0.2, 0.25) is 0 Å². The molecular formula is C14H19NO4. The first-order valence-electron chi connectivity index (χ1n) is 6.34. The zero-order valence-electron chi connectivity index (χ0n) is 11.3. The highest BCUT2D eigenvalue weighted by molar-refractivity contribution is 5.93. The normalized spacial score (nSPS) is 17.9. The van der Waals surface area contributed by atoms with Crippen molar-refractivity contribution in [1.82, 2.24) is 5.06 Å². The van der Waals surface area contributed by atoms with Crippen molar-refractivity contribution in [2.45, 2.75) is 18.9 Å². The zero-order valence-corrected chi connectivity index (χ0v) is 11.3. The van der Waals surface area contributed by atoms with Gasteiger partial charge in [0.25, 0.3) is 5.91 Å². The fourth-order valence-electron chi connectivity index (χ4n) is 2.29. The van der Waals surface area contributed by atoms with Crippen LogP contribution in [-0.2, 0) is 16.0 Å². The number of aliphatic hydroxyl groups excluding tert-OH is 1. The summed E-state index contributed by atoms with van der Waals surface area (Å²) in [5.74, 6) is -0.171. The van der Waals surface area contributed by atoms with Gasteiger partial charge >= 0.3 is 0 Å². The molecule has 1 amide bonds. The van der Waals surface area contributed by atoms with Crippen molar-refractivity contribution in [2.24, 2.45) is 0 Å². The number of ether oxygens (including phenoxy) is 1. The minimum atomic E-state index is -0.171. The van der Waals surface area contributed by atoms with Crippen LogP contribution >= 0.6 is 0 Å². The van der Waals surface area contributed by atoms with Crippen LogP contribution in [0.15, 0.2) is 18.2 Å². The van der Waals surface area contributed by atoms with Gasteiger partial charge in [0.15, 0.2) is 0 Å². The summed E-state index contributed by atoms with van der Waals surface area (Å²) < 4.78 is 5.63. The van der Waals surface area contributed by atoms with Crippen molar-refractivity contribution in [3.05, 3.63) is 34.9 Å². The second-order valence-corrected chi connectivity index (χ2v) is 4.52. The first-order chi connectivity index (χ1) is 9.17. The van der Waals surface area contributed by atoms with E-state index in [2.05, 4.69) is 0 Å². The first kappa shape index (κ1) is 14.0. The van der Waals surface area contributed by atoms with Gasteiger partial charge in [0.05, 0.1) is 19.8 Å². The Bertz CT molecular complexity index is 461. The van der Waals surface area contributed by atoms with E-state index in [0.717, 1.165) is 17.5 Å². The zero-order chi connectivity index (χ0) is 13.8. The number of hydroxylamine groups is 2. The van der Waals surface area contributed by atoms with Crippen LogP contribution in [0.1, 0.15) is 34.0 Å². The molecule has 0 aliphatic carbocycles. The van der Waals surface area contributed by atoms with E-state index < -0.39 is 0 Å². The summed E-state index contributed by atoms with van der Waals surface area (Å²) in [5.41, 5.74) is 2.78. The third-order valence-electron chi connectivity index (χ3n) is 3.38. The number of rotatable bonds is 4. The van der Waals surface area contributed by atoms with Crippen molar-refractivity contribution in [2.75, 3.05) is 27.4 Å². The molecular weight excluding hydrogens is 246 g/mol. The Morgan fingerprint density at radius 3 is 3.05 bits per heavy atom. The van der Waals surface area contributed by atoms with Crippen LogP contribution in [0.5, 0.6) is 0 Å². The lowest BCUT2D eigenvalue weighted by atomic mass is 9.94. The van der Waals surface area contributed by atoms with Gasteiger partial charge < -0.3 is 9.84 Å². The maximum atomic E-state index is 12.0. The van der Waals surface area contributed by atoms with E-state index in [1.54, 1.807) is 13.1 Å².